The van der Waals surface area contributed by atoms with E-state index in [1.165, 1.54) is 54.8 Å². The molecule has 0 aliphatic rings. The first-order valence-electron chi connectivity index (χ1n) is 8.32. The Kier molecular flexibility index (Phi) is 6.25. The summed E-state index contributed by atoms with van der Waals surface area (Å²) in [4.78, 5) is 12.3. The summed E-state index contributed by atoms with van der Waals surface area (Å²) in [6.45, 7) is -2.97. The second-order valence-corrected chi connectivity index (χ2v) is 7.56. The van der Waals surface area contributed by atoms with E-state index < -0.39 is 22.5 Å². The molecule has 7 nitrogen and oxygen atoms in total. The Morgan fingerprint density at radius 3 is 2.48 bits per heavy atom. The molecule has 0 saturated heterocycles. The minimum Gasteiger partial charge on any atom is -0.468 e. The molecular formula is C19H16F2N2O5S. The predicted octanol–water partition coefficient (Wildman–Crippen LogP) is 3.61. The first-order valence-corrected chi connectivity index (χ1v) is 9.80. The maximum absolute atomic E-state index is 12.4. The predicted molar refractivity (Wildman–Crippen MR) is 100 cm³/mol. The number of benzene rings is 2. The number of ether oxygens (including phenoxy) is 1. The smallest absolute Gasteiger partial charge is 0.387 e. The van der Waals surface area contributed by atoms with Gasteiger partial charge in [0.15, 0.2) is 0 Å². The number of anilines is 1. The summed E-state index contributed by atoms with van der Waals surface area (Å²) in [6, 6.07) is 14.1. The van der Waals surface area contributed by atoms with Gasteiger partial charge in [-0.05, 0) is 54.6 Å². The second kappa shape index (κ2) is 8.84. The van der Waals surface area contributed by atoms with Gasteiger partial charge in [0.05, 0.1) is 17.7 Å². The van der Waals surface area contributed by atoms with Crippen LogP contribution in [0.5, 0.6) is 5.75 Å². The zero-order chi connectivity index (χ0) is 20.9. The van der Waals surface area contributed by atoms with Crippen molar-refractivity contribution in [3.63, 3.8) is 0 Å². The van der Waals surface area contributed by atoms with E-state index in [0.29, 0.717) is 5.76 Å². The summed E-state index contributed by atoms with van der Waals surface area (Å²) < 4.78 is 60.9. The molecule has 152 valence electrons. The van der Waals surface area contributed by atoms with Gasteiger partial charge in [-0.25, -0.2) is 13.1 Å². The molecule has 29 heavy (non-hydrogen) atoms. The Bertz CT molecular complexity index is 1070. The van der Waals surface area contributed by atoms with Gasteiger partial charge in [-0.1, -0.05) is 6.07 Å². The molecule has 10 heteroatoms. The highest BCUT2D eigenvalue weighted by molar-refractivity contribution is 7.89. The fourth-order valence-electron chi connectivity index (χ4n) is 2.39. The topological polar surface area (TPSA) is 97.6 Å². The summed E-state index contributed by atoms with van der Waals surface area (Å²) in [5.74, 6) is -0.156. The average molecular weight is 422 g/mol. The van der Waals surface area contributed by atoms with E-state index in [1.54, 1.807) is 12.1 Å². The SMILES string of the molecule is O=C(Nc1cccc(S(=O)(=O)NCc2ccco2)c1)c1ccc(OC(F)F)cc1. The molecule has 0 saturated carbocycles. The van der Waals surface area contributed by atoms with E-state index in [4.69, 9.17) is 4.42 Å². The van der Waals surface area contributed by atoms with Gasteiger partial charge in [0.1, 0.15) is 11.5 Å². The Morgan fingerprint density at radius 1 is 1.07 bits per heavy atom. The minimum atomic E-state index is -3.83. The van der Waals surface area contributed by atoms with Crippen LogP contribution >= 0.6 is 0 Å². The lowest BCUT2D eigenvalue weighted by molar-refractivity contribution is -0.0498. The van der Waals surface area contributed by atoms with E-state index in [1.807, 2.05) is 0 Å². The van der Waals surface area contributed by atoms with Crippen LogP contribution in [0.1, 0.15) is 16.1 Å². The summed E-state index contributed by atoms with van der Waals surface area (Å²) in [5.41, 5.74) is 0.444. The Morgan fingerprint density at radius 2 is 1.83 bits per heavy atom. The summed E-state index contributed by atoms with van der Waals surface area (Å²) in [5, 5.41) is 2.56. The Balaban J connectivity index is 1.68. The van der Waals surface area contributed by atoms with Crippen LogP contribution in [0, 0.1) is 0 Å². The molecule has 2 aromatic carbocycles. The van der Waals surface area contributed by atoms with Gasteiger partial charge in [-0.2, -0.15) is 8.78 Å². The van der Waals surface area contributed by atoms with Crippen molar-refractivity contribution in [1.29, 1.82) is 0 Å². The number of halogens is 2. The zero-order valence-electron chi connectivity index (χ0n) is 14.8. The fraction of sp³-hybridized carbons (Fsp3) is 0.105. The molecular weight excluding hydrogens is 406 g/mol. The van der Waals surface area contributed by atoms with Crippen LogP contribution in [-0.2, 0) is 16.6 Å². The third-order valence-electron chi connectivity index (χ3n) is 3.76. The molecule has 0 radical (unpaired) electrons. The lowest BCUT2D eigenvalue weighted by Gasteiger charge is -2.10. The molecule has 1 aromatic heterocycles. The first kappa shape index (κ1) is 20.5. The van der Waals surface area contributed by atoms with Crippen LogP contribution in [0.2, 0.25) is 0 Å². The third-order valence-corrected chi connectivity index (χ3v) is 5.16. The van der Waals surface area contributed by atoms with E-state index in [2.05, 4.69) is 14.8 Å². The van der Waals surface area contributed by atoms with Gasteiger partial charge in [0, 0.05) is 11.3 Å². The monoisotopic (exact) mass is 422 g/mol. The molecule has 0 aliphatic carbocycles. The largest absolute Gasteiger partial charge is 0.468 e. The number of hydrogen-bond acceptors (Lipinski definition) is 5. The van der Waals surface area contributed by atoms with Gasteiger partial charge in [0.2, 0.25) is 10.0 Å². The van der Waals surface area contributed by atoms with Gasteiger partial charge >= 0.3 is 6.61 Å². The summed E-state index contributed by atoms with van der Waals surface area (Å²) in [6.07, 6.45) is 1.44. The quantitative estimate of drug-likeness (QED) is 0.578. The van der Waals surface area contributed by atoms with Gasteiger partial charge < -0.3 is 14.5 Å². The van der Waals surface area contributed by atoms with Crippen molar-refractivity contribution in [2.24, 2.45) is 0 Å². The van der Waals surface area contributed by atoms with Crippen molar-refractivity contribution in [1.82, 2.24) is 4.72 Å². The molecule has 0 fully saturated rings. The lowest BCUT2D eigenvalue weighted by Crippen LogP contribution is -2.23. The molecule has 3 rings (SSSR count). The number of carbonyl (C=O) groups is 1. The molecule has 0 bridgehead atoms. The first-order chi connectivity index (χ1) is 13.8. The van der Waals surface area contributed by atoms with E-state index in [-0.39, 0.29) is 28.4 Å². The number of rotatable bonds is 8. The van der Waals surface area contributed by atoms with E-state index in [0.717, 1.165) is 0 Å². The van der Waals surface area contributed by atoms with Crippen LogP contribution in [-0.4, -0.2) is 20.9 Å². The van der Waals surface area contributed by atoms with Crippen molar-refractivity contribution >= 4 is 21.6 Å². The normalized spacial score (nSPS) is 11.4. The van der Waals surface area contributed by atoms with Crippen LogP contribution in [0.15, 0.2) is 76.2 Å². The van der Waals surface area contributed by atoms with Crippen molar-refractivity contribution < 1.29 is 31.1 Å². The van der Waals surface area contributed by atoms with Gasteiger partial charge in [0.25, 0.3) is 5.91 Å². The molecule has 0 unspecified atom stereocenters. The van der Waals surface area contributed by atoms with Crippen LogP contribution in [0.3, 0.4) is 0 Å². The standard InChI is InChI=1S/C19H16F2N2O5S/c20-19(21)28-15-8-6-13(7-9-15)18(24)23-14-3-1-5-17(11-14)29(25,26)22-12-16-4-2-10-27-16/h1-11,19,22H,12H2,(H,23,24). The molecule has 1 heterocycles. The maximum Gasteiger partial charge on any atom is 0.387 e. The summed E-state index contributed by atoms with van der Waals surface area (Å²) in [7, 11) is -3.83. The lowest BCUT2D eigenvalue weighted by atomic mass is 10.2. The van der Waals surface area contributed by atoms with E-state index in [9.17, 15) is 22.0 Å². The molecule has 1 amide bonds. The van der Waals surface area contributed by atoms with Crippen LogP contribution in [0.25, 0.3) is 0 Å². The maximum atomic E-state index is 12.4. The number of sulfonamides is 1. The molecule has 0 aliphatic heterocycles. The Hall–Kier alpha value is -3.24. The average Bonchev–Trinajstić information content (AvgIpc) is 3.20. The minimum absolute atomic E-state index is 0.0149. The van der Waals surface area contributed by atoms with Gasteiger partial charge in [-0.3, -0.25) is 4.79 Å². The number of furan rings is 1. The highest BCUT2D eigenvalue weighted by Crippen LogP contribution is 2.19. The van der Waals surface area contributed by atoms with Crippen LogP contribution < -0.4 is 14.8 Å². The zero-order valence-corrected chi connectivity index (χ0v) is 15.7. The second-order valence-electron chi connectivity index (χ2n) is 5.79. The van der Waals surface area contributed by atoms with Crippen LogP contribution in [0.4, 0.5) is 14.5 Å². The summed E-state index contributed by atoms with van der Waals surface area (Å²) >= 11 is 0. The molecule has 3 aromatic rings. The highest BCUT2D eigenvalue weighted by Gasteiger charge is 2.16. The molecule has 0 atom stereocenters. The highest BCUT2D eigenvalue weighted by atomic mass is 32.2. The van der Waals surface area contributed by atoms with Crippen molar-refractivity contribution in [2.45, 2.75) is 18.1 Å². The number of nitrogens with one attached hydrogen (secondary N) is 2. The third kappa shape index (κ3) is 5.62. The van der Waals surface area contributed by atoms with Crippen molar-refractivity contribution in [3.05, 3.63) is 78.3 Å². The molecule has 2 N–H and O–H groups in total. The fourth-order valence-corrected chi connectivity index (χ4v) is 3.43. The van der Waals surface area contributed by atoms with E-state index >= 15 is 0 Å². The number of carbonyl (C=O) groups excluding carboxylic acids is 1. The van der Waals surface area contributed by atoms with Crippen molar-refractivity contribution in [3.8, 4) is 5.75 Å². The van der Waals surface area contributed by atoms with Crippen molar-refractivity contribution in [2.75, 3.05) is 5.32 Å². The van der Waals surface area contributed by atoms with Gasteiger partial charge in [-0.15, -0.1) is 0 Å². The number of amides is 1. The number of hydrogen-bond donors (Lipinski definition) is 2. The Labute approximate surface area is 165 Å². The number of alkyl halides is 2. The molecule has 0 spiro atoms.